The molecule has 0 fully saturated rings. The van der Waals surface area contributed by atoms with Crippen molar-refractivity contribution in [1.29, 1.82) is 0 Å². The molecular formula is C9H17N. The van der Waals surface area contributed by atoms with Crippen molar-refractivity contribution < 1.29 is 0 Å². The minimum Gasteiger partial charge on any atom is -0.388 e. The molecule has 0 saturated carbocycles. The molecule has 0 aromatic rings. The van der Waals surface area contributed by atoms with Crippen molar-refractivity contribution in [2.75, 3.05) is 0 Å². The topological polar surface area (TPSA) is 12.0 Å². The largest absolute Gasteiger partial charge is 0.388 e. The summed E-state index contributed by atoms with van der Waals surface area (Å²) in [6.45, 7) is 12.1. The average Bonchev–Trinajstić information content (AvgIpc) is 1.82. The highest BCUT2D eigenvalue weighted by Crippen LogP contribution is 2.02. The van der Waals surface area contributed by atoms with Crippen LogP contribution in [0.25, 0.3) is 0 Å². The molecule has 0 aliphatic carbocycles. The highest BCUT2D eigenvalue weighted by molar-refractivity contribution is 5.22. The van der Waals surface area contributed by atoms with Gasteiger partial charge < -0.3 is 5.32 Å². The summed E-state index contributed by atoms with van der Waals surface area (Å²) in [7, 11) is 0. The first-order valence-electron chi connectivity index (χ1n) is 3.62. The zero-order valence-electron chi connectivity index (χ0n) is 7.36. The molecule has 0 unspecified atom stereocenters. The van der Waals surface area contributed by atoms with Gasteiger partial charge in [0.2, 0.25) is 0 Å². The third-order valence-corrected chi connectivity index (χ3v) is 1.31. The monoisotopic (exact) mass is 139 g/mol. The summed E-state index contributed by atoms with van der Waals surface area (Å²) in [6, 6.07) is 0.509. The Hall–Kier alpha value is -0.720. The second-order valence-electron chi connectivity index (χ2n) is 2.93. The van der Waals surface area contributed by atoms with Gasteiger partial charge >= 0.3 is 0 Å². The normalized spacial score (nSPS) is 11.9. The van der Waals surface area contributed by atoms with Gasteiger partial charge in [0.15, 0.2) is 0 Å². The average molecular weight is 139 g/mol. The fourth-order valence-electron chi connectivity index (χ4n) is 0.415. The van der Waals surface area contributed by atoms with Gasteiger partial charge in [0.25, 0.3) is 0 Å². The third kappa shape index (κ3) is 4.19. The minimum atomic E-state index is 0.509. The lowest BCUT2D eigenvalue weighted by atomic mass is 10.2. The summed E-state index contributed by atoms with van der Waals surface area (Å²) in [5, 5.41) is 3.20. The Labute approximate surface area is 63.8 Å². The van der Waals surface area contributed by atoms with Crippen LogP contribution in [0.2, 0.25) is 0 Å². The molecule has 0 radical (unpaired) electrons. The van der Waals surface area contributed by atoms with Crippen molar-refractivity contribution in [1.82, 2.24) is 5.32 Å². The second-order valence-corrected chi connectivity index (χ2v) is 2.93. The molecule has 1 N–H and O–H groups in total. The second kappa shape index (κ2) is 4.15. The highest BCUT2D eigenvalue weighted by Gasteiger charge is 1.89. The first kappa shape index (κ1) is 9.28. The van der Waals surface area contributed by atoms with Gasteiger partial charge in [-0.2, -0.15) is 0 Å². The van der Waals surface area contributed by atoms with Crippen LogP contribution in [0.1, 0.15) is 27.7 Å². The fraction of sp³-hybridized carbons (Fsp3) is 0.556. The Morgan fingerprint density at radius 1 is 1.40 bits per heavy atom. The molecule has 0 aromatic heterocycles. The molecule has 0 heterocycles. The predicted molar refractivity (Wildman–Crippen MR) is 46.8 cm³/mol. The van der Waals surface area contributed by atoms with Crippen LogP contribution in [0, 0.1) is 0 Å². The van der Waals surface area contributed by atoms with E-state index in [0.29, 0.717) is 6.04 Å². The molecule has 0 rings (SSSR count). The van der Waals surface area contributed by atoms with Crippen LogP contribution >= 0.6 is 0 Å². The van der Waals surface area contributed by atoms with Gasteiger partial charge in [0.1, 0.15) is 0 Å². The maximum Gasteiger partial charge on any atom is 0.0199 e. The summed E-state index contributed by atoms with van der Waals surface area (Å²) in [4.78, 5) is 0. The Balaban J connectivity index is 3.81. The van der Waals surface area contributed by atoms with Gasteiger partial charge in [-0.05, 0) is 39.5 Å². The molecule has 0 amide bonds. The summed E-state index contributed by atoms with van der Waals surface area (Å²) in [5.74, 6) is 0. The van der Waals surface area contributed by atoms with E-state index in [-0.39, 0.29) is 0 Å². The van der Waals surface area contributed by atoms with E-state index >= 15 is 0 Å². The van der Waals surface area contributed by atoms with Gasteiger partial charge in [-0.15, -0.1) is 0 Å². The number of rotatable bonds is 3. The van der Waals surface area contributed by atoms with Crippen LogP contribution in [-0.2, 0) is 0 Å². The van der Waals surface area contributed by atoms with E-state index in [2.05, 4.69) is 32.7 Å². The van der Waals surface area contributed by atoms with E-state index < -0.39 is 0 Å². The van der Waals surface area contributed by atoms with Gasteiger partial charge in [0, 0.05) is 6.04 Å². The van der Waals surface area contributed by atoms with Crippen LogP contribution in [0.15, 0.2) is 23.9 Å². The van der Waals surface area contributed by atoms with E-state index in [4.69, 9.17) is 0 Å². The molecule has 0 aliphatic rings. The van der Waals surface area contributed by atoms with Crippen molar-refractivity contribution >= 4 is 0 Å². The number of hydrogen-bond donors (Lipinski definition) is 1. The van der Waals surface area contributed by atoms with E-state index in [1.165, 1.54) is 5.57 Å². The zero-order chi connectivity index (χ0) is 8.15. The Kier molecular flexibility index (Phi) is 3.85. The molecule has 1 nitrogen and oxygen atoms in total. The van der Waals surface area contributed by atoms with Crippen LogP contribution in [-0.4, -0.2) is 6.04 Å². The number of hydrogen-bond acceptors (Lipinski definition) is 1. The SMILES string of the molecule is C=C(C)/C(C)=C\NC(C)C. The molecule has 0 aliphatic heterocycles. The molecule has 0 saturated heterocycles. The van der Waals surface area contributed by atoms with E-state index in [1.54, 1.807) is 0 Å². The van der Waals surface area contributed by atoms with Crippen molar-refractivity contribution in [3.8, 4) is 0 Å². The van der Waals surface area contributed by atoms with Crippen LogP contribution in [0.5, 0.6) is 0 Å². The third-order valence-electron chi connectivity index (χ3n) is 1.31. The molecule has 0 atom stereocenters. The van der Waals surface area contributed by atoms with E-state index in [0.717, 1.165) is 5.57 Å². The van der Waals surface area contributed by atoms with Gasteiger partial charge in [-0.3, -0.25) is 0 Å². The van der Waals surface area contributed by atoms with Gasteiger partial charge in [-0.25, -0.2) is 0 Å². The zero-order valence-corrected chi connectivity index (χ0v) is 7.36. The van der Waals surface area contributed by atoms with Crippen molar-refractivity contribution in [2.45, 2.75) is 33.7 Å². The standard InChI is InChI=1S/C9H17N/c1-7(2)9(5)6-10-8(3)4/h6,8,10H,1H2,2-5H3/b9-6-. The predicted octanol–water partition coefficient (Wildman–Crippen LogP) is 2.46. The highest BCUT2D eigenvalue weighted by atomic mass is 14.9. The summed E-state index contributed by atoms with van der Waals surface area (Å²) >= 11 is 0. The lowest BCUT2D eigenvalue weighted by Gasteiger charge is -2.05. The lowest BCUT2D eigenvalue weighted by Crippen LogP contribution is -2.15. The molecule has 10 heavy (non-hydrogen) atoms. The van der Waals surface area contributed by atoms with Crippen LogP contribution in [0.4, 0.5) is 0 Å². The molecule has 58 valence electrons. The van der Waals surface area contributed by atoms with Crippen molar-refractivity contribution in [2.24, 2.45) is 0 Å². The number of allylic oxidation sites excluding steroid dienone is 2. The first-order chi connectivity index (χ1) is 4.54. The van der Waals surface area contributed by atoms with E-state index in [9.17, 15) is 0 Å². The maximum absolute atomic E-state index is 3.82. The smallest absolute Gasteiger partial charge is 0.0199 e. The number of nitrogens with one attached hydrogen (secondary N) is 1. The van der Waals surface area contributed by atoms with Gasteiger partial charge in [-0.1, -0.05) is 12.2 Å². The van der Waals surface area contributed by atoms with E-state index in [1.807, 2.05) is 13.1 Å². The van der Waals surface area contributed by atoms with Gasteiger partial charge in [0.05, 0.1) is 0 Å². The fourth-order valence-corrected chi connectivity index (χ4v) is 0.415. The summed E-state index contributed by atoms with van der Waals surface area (Å²) < 4.78 is 0. The molecule has 0 spiro atoms. The summed E-state index contributed by atoms with van der Waals surface area (Å²) in [6.07, 6.45) is 2.01. The first-order valence-corrected chi connectivity index (χ1v) is 3.62. The lowest BCUT2D eigenvalue weighted by molar-refractivity contribution is 0.699. The molecule has 0 bridgehead atoms. The Morgan fingerprint density at radius 3 is 2.20 bits per heavy atom. The molecular weight excluding hydrogens is 122 g/mol. The Morgan fingerprint density at radius 2 is 1.90 bits per heavy atom. The maximum atomic E-state index is 3.82. The van der Waals surface area contributed by atoms with Crippen molar-refractivity contribution in [3.05, 3.63) is 23.9 Å². The van der Waals surface area contributed by atoms with Crippen molar-refractivity contribution in [3.63, 3.8) is 0 Å². The van der Waals surface area contributed by atoms with Crippen LogP contribution < -0.4 is 5.32 Å². The quantitative estimate of drug-likeness (QED) is 0.592. The minimum absolute atomic E-state index is 0.509. The molecule has 1 heteroatoms. The van der Waals surface area contributed by atoms with Crippen LogP contribution in [0.3, 0.4) is 0 Å². The molecule has 0 aromatic carbocycles. The summed E-state index contributed by atoms with van der Waals surface area (Å²) in [5.41, 5.74) is 2.34. The Bertz CT molecular complexity index is 143.